The van der Waals surface area contributed by atoms with Gasteiger partial charge in [-0.25, -0.2) is 0 Å². The Bertz CT molecular complexity index is 169. The van der Waals surface area contributed by atoms with Crippen molar-refractivity contribution in [1.29, 1.82) is 0 Å². The molecule has 2 atom stereocenters. The van der Waals surface area contributed by atoms with E-state index in [1.807, 2.05) is 19.0 Å². The fourth-order valence-electron chi connectivity index (χ4n) is 1.39. The number of rotatable bonds is 0. The lowest BCUT2D eigenvalue weighted by Gasteiger charge is -2.41. The second kappa shape index (κ2) is 2.81. The first-order chi connectivity index (χ1) is 5.04. The van der Waals surface area contributed by atoms with Crippen LogP contribution >= 0.6 is 0 Å². The smallest absolute Gasteiger partial charge is 0.236 e. The standard InChI is InChI=1S/C8H16N2O/c1-6-7(2)10(4)8(11)5-9(6)3/h6-7H,5H2,1-4H3/t6-,7?/m0/s1. The molecule has 1 saturated heterocycles. The second-order valence-electron chi connectivity index (χ2n) is 3.40. The van der Waals surface area contributed by atoms with Crippen molar-refractivity contribution in [1.82, 2.24) is 9.80 Å². The van der Waals surface area contributed by atoms with Crippen LogP contribution in [0.2, 0.25) is 0 Å². The molecule has 3 nitrogen and oxygen atoms in total. The van der Waals surface area contributed by atoms with E-state index in [1.54, 1.807) is 0 Å². The summed E-state index contributed by atoms with van der Waals surface area (Å²) in [7, 11) is 3.86. The average molecular weight is 156 g/mol. The molecule has 1 aliphatic heterocycles. The Morgan fingerprint density at radius 1 is 1.27 bits per heavy atom. The van der Waals surface area contributed by atoms with Gasteiger partial charge in [0.05, 0.1) is 6.54 Å². The summed E-state index contributed by atoms with van der Waals surface area (Å²) < 4.78 is 0. The Morgan fingerprint density at radius 3 is 2.36 bits per heavy atom. The van der Waals surface area contributed by atoms with Crippen molar-refractivity contribution < 1.29 is 4.79 Å². The number of likely N-dealkylation sites (N-methyl/N-ethyl adjacent to an activating group) is 2. The van der Waals surface area contributed by atoms with Gasteiger partial charge in [0.2, 0.25) is 5.91 Å². The zero-order valence-corrected chi connectivity index (χ0v) is 7.66. The molecule has 0 bridgehead atoms. The highest BCUT2D eigenvalue weighted by atomic mass is 16.2. The summed E-state index contributed by atoms with van der Waals surface area (Å²) in [5.74, 6) is 0.220. The first-order valence-electron chi connectivity index (χ1n) is 4.00. The summed E-state index contributed by atoms with van der Waals surface area (Å²) in [5.41, 5.74) is 0. The van der Waals surface area contributed by atoms with Crippen molar-refractivity contribution in [2.45, 2.75) is 25.9 Å². The van der Waals surface area contributed by atoms with Gasteiger partial charge in [0.15, 0.2) is 0 Å². The molecule has 1 heterocycles. The maximum atomic E-state index is 11.2. The number of carbonyl (C=O) groups excluding carboxylic acids is 1. The molecular formula is C8H16N2O. The van der Waals surface area contributed by atoms with E-state index < -0.39 is 0 Å². The first kappa shape index (κ1) is 8.53. The summed E-state index contributed by atoms with van der Waals surface area (Å²) in [4.78, 5) is 15.2. The molecule has 1 unspecified atom stereocenters. The van der Waals surface area contributed by atoms with Gasteiger partial charge in [0.25, 0.3) is 0 Å². The minimum absolute atomic E-state index is 0.220. The van der Waals surface area contributed by atoms with Gasteiger partial charge in [-0.3, -0.25) is 9.69 Å². The third kappa shape index (κ3) is 1.38. The molecule has 0 saturated carbocycles. The molecular weight excluding hydrogens is 140 g/mol. The number of hydrogen-bond acceptors (Lipinski definition) is 2. The Kier molecular flexibility index (Phi) is 2.18. The first-order valence-corrected chi connectivity index (χ1v) is 4.00. The SMILES string of the molecule is CC1[C@H](C)N(C)CC(=O)N1C. The quantitative estimate of drug-likeness (QED) is 0.499. The minimum atomic E-state index is 0.220. The number of carbonyl (C=O) groups is 1. The van der Waals surface area contributed by atoms with E-state index in [1.165, 1.54) is 0 Å². The van der Waals surface area contributed by atoms with Gasteiger partial charge in [-0.1, -0.05) is 0 Å². The van der Waals surface area contributed by atoms with Gasteiger partial charge in [-0.15, -0.1) is 0 Å². The summed E-state index contributed by atoms with van der Waals surface area (Å²) in [6.45, 7) is 4.79. The molecule has 0 aromatic heterocycles. The second-order valence-corrected chi connectivity index (χ2v) is 3.40. The number of nitrogens with zero attached hydrogens (tertiary/aromatic N) is 2. The maximum Gasteiger partial charge on any atom is 0.236 e. The average Bonchev–Trinajstić information content (AvgIpc) is 1.97. The Hall–Kier alpha value is -0.570. The zero-order chi connectivity index (χ0) is 8.59. The lowest BCUT2D eigenvalue weighted by molar-refractivity contribution is -0.139. The number of piperazine rings is 1. The Labute approximate surface area is 68.0 Å². The topological polar surface area (TPSA) is 23.6 Å². The highest BCUT2D eigenvalue weighted by molar-refractivity contribution is 5.79. The van der Waals surface area contributed by atoms with Crippen LogP contribution in [0.25, 0.3) is 0 Å². The molecule has 1 amide bonds. The Balaban J connectivity index is 2.70. The van der Waals surface area contributed by atoms with Crippen molar-refractivity contribution in [2.75, 3.05) is 20.6 Å². The van der Waals surface area contributed by atoms with E-state index in [4.69, 9.17) is 0 Å². The van der Waals surface area contributed by atoms with Crippen molar-refractivity contribution in [3.63, 3.8) is 0 Å². The summed E-state index contributed by atoms with van der Waals surface area (Å²) in [6.07, 6.45) is 0. The third-order valence-electron chi connectivity index (χ3n) is 2.78. The van der Waals surface area contributed by atoms with Crippen LogP contribution in [0.5, 0.6) is 0 Å². The molecule has 64 valence electrons. The van der Waals surface area contributed by atoms with E-state index in [9.17, 15) is 4.79 Å². The fraction of sp³-hybridized carbons (Fsp3) is 0.875. The molecule has 3 heteroatoms. The van der Waals surface area contributed by atoms with Crippen LogP contribution < -0.4 is 0 Å². The normalized spacial score (nSPS) is 34.5. The maximum absolute atomic E-state index is 11.2. The van der Waals surface area contributed by atoms with E-state index in [2.05, 4.69) is 18.7 Å². The van der Waals surface area contributed by atoms with Crippen molar-refractivity contribution in [3.05, 3.63) is 0 Å². The molecule has 1 aliphatic rings. The number of amides is 1. The molecule has 0 radical (unpaired) electrons. The molecule has 0 aliphatic carbocycles. The Morgan fingerprint density at radius 2 is 1.82 bits per heavy atom. The van der Waals surface area contributed by atoms with Gasteiger partial charge in [0, 0.05) is 19.1 Å². The van der Waals surface area contributed by atoms with E-state index in [-0.39, 0.29) is 5.91 Å². The van der Waals surface area contributed by atoms with Gasteiger partial charge < -0.3 is 4.90 Å². The van der Waals surface area contributed by atoms with Crippen LogP contribution in [-0.4, -0.2) is 48.4 Å². The monoisotopic (exact) mass is 156 g/mol. The molecule has 0 N–H and O–H groups in total. The van der Waals surface area contributed by atoms with Gasteiger partial charge in [-0.2, -0.15) is 0 Å². The summed E-state index contributed by atoms with van der Waals surface area (Å²) in [5, 5.41) is 0. The van der Waals surface area contributed by atoms with Gasteiger partial charge in [-0.05, 0) is 20.9 Å². The van der Waals surface area contributed by atoms with E-state index >= 15 is 0 Å². The lowest BCUT2D eigenvalue weighted by atomic mass is 10.1. The predicted molar refractivity (Wildman–Crippen MR) is 44.3 cm³/mol. The van der Waals surface area contributed by atoms with E-state index in [0.717, 1.165) is 0 Å². The van der Waals surface area contributed by atoms with Crippen LogP contribution in [-0.2, 0) is 4.79 Å². The molecule has 1 fully saturated rings. The minimum Gasteiger partial charge on any atom is -0.340 e. The molecule has 0 spiro atoms. The highest BCUT2D eigenvalue weighted by Crippen LogP contribution is 2.13. The lowest BCUT2D eigenvalue weighted by Crippen LogP contribution is -2.57. The molecule has 0 aromatic rings. The van der Waals surface area contributed by atoms with Crippen LogP contribution in [0.4, 0.5) is 0 Å². The van der Waals surface area contributed by atoms with Crippen LogP contribution in [0.3, 0.4) is 0 Å². The van der Waals surface area contributed by atoms with Crippen molar-refractivity contribution in [3.8, 4) is 0 Å². The van der Waals surface area contributed by atoms with Crippen LogP contribution in [0.1, 0.15) is 13.8 Å². The zero-order valence-electron chi connectivity index (χ0n) is 7.66. The van der Waals surface area contributed by atoms with Gasteiger partial charge >= 0.3 is 0 Å². The van der Waals surface area contributed by atoms with Gasteiger partial charge in [0.1, 0.15) is 0 Å². The van der Waals surface area contributed by atoms with Crippen LogP contribution in [0.15, 0.2) is 0 Å². The number of hydrogen-bond donors (Lipinski definition) is 0. The summed E-state index contributed by atoms with van der Waals surface area (Å²) in [6, 6.07) is 0.805. The fourth-order valence-corrected chi connectivity index (χ4v) is 1.39. The molecule has 0 aromatic carbocycles. The predicted octanol–water partition coefficient (Wildman–Crippen LogP) is 0.167. The van der Waals surface area contributed by atoms with Crippen molar-refractivity contribution in [2.24, 2.45) is 0 Å². The highest BCUT2D eigenvalue weighted by Gasteiger charge is 2.30. The summed E-state index contributed by atoms with van der Waals surface area (Å²) >= 11 is 0. The largest absolute Gasteiger partial charge is 0.340 e. The third-order valence-corrected chi connectivity index (χ3v) is 2.78. The van der Waals surface area contributed by atoms with Crippen molar-refractivity contribution >= 4 is 5.91 Å². The van der Waals surface area contributed by atoms with E-state index in [0.29, 0.717) is 18.6 Å². The molecule has 11 heavy (non-hydrogen) atoms. The molecule has 1 rings (SSSR count). The van der Waals surface area contributed by atoms with Crippen LogP contribution in [0, 0.1) is 0 Å².